The molecule has 0 spiro atoms. The number of carbonyl (C=O) groups is 2. The van der Waals surface area contributed by atoms with E-state index in [1.165, 1.54) is 25.4 Å². The van der Waals surface area contributed by atoms with Gasteiger partial charge in [-0.2, -0.15) is 0 Å². The number of nitrogens with one attached hydrogen (secondary N) is 2. The number of piperidine rings is 1. The Kier molecular flexibility index (Phi) is 5.66. The van der Waals surface area contributed by atoms with Gasteiger partial charge in [-0.3, -0.25) is 4.79 Å². The van der Waals surface area contributed by atoms with Crippen molar-refractivity contribution in [2.75, 3.05) is 25.5 Å². The second-order valence-electron chi connectivity index (χ2n) is 6.41. The molecule has 0 aromatic carbocycles. The predicted octanol–water partition coefficient (Wildman–Crippen LogP) is 1.85. The van der Waals surface area contributed by atoms with Gasteiger partial charge >= 0.3 is 11.6 Å². The van der Waals surface area contributed by atoms with E-state index in [9.17, 15) is 14.4 Å². The third-order valence-corrected chi connectivity index (χ3v) is 4.52. The van der Waals surface area contributed by atoms with Crippen LogP contribution >= 0.6 is 0 Å². The Labute approximate surface area is 155 Å². The molecule has 1 aliphatic rings. The molecule has 1 atom stereocenters. The first-order valence-electron chi connectivity index (χ1n) is 8.70. The SMILES string of the molecule is COC(=O)c1ccnc(NC(=O)c2c(C)cc(C3CCCNC3)oc2=O)c1. The van der Waals surface area contributed by atoms with Crippen LogP contribution < -0.4 is 16.3 Å². The van der Waals surface area contributed by atoms with Gasteiger partial charge in [0.05, 0.1) is 12.7 Å². The van der Waals surface area contributed by atoms with Crippen molar-refractivity contribution in [3.63, 3.8) is 0 Å². The van der Waals surface area contributed by atoms with Crippen LogP contribution in [0.1, 0.15) is 50.8 Å². The van der Waals surface area contributed by atoms with E-state index in [0.29, 0.717) is 11.3 Å². The average Bonchev–Trinajstić information content (AvgIpc) is 2.67. The predicted molar refractivity (Wildman–Crippen MR) is 98.1 cm³/mol. The largest absolute Gasteiger partial charge is 0.465 e. The van der Waals surface area contributed by atoms with Crippen molar-refractivity contribution in [1.82, 2.24) is 10.3 Å². The third-order valence-electron chi connectivity index (χ3n) is 4.52. The lowest BCUT2D eigenvalue weighted by Gasteiger charge is -2.22. The van der Waals surface area contributed by atoms with Gasteiger partial charge in [0, 0.05) is 18.7 Å². The zero-order chi connectivity index (χ0) is 19.4. The summed E-state index contributed by atoms with van der Waals surface area (Å²) in [5.74, 6) is -0.326. The van der Waals surface area contributed by atoms with E-state index in [1.54, 1.807) is 13.0 Å². The van der Waals surface area contributed by atoms with Gasteiger partial charge in [-0.05, 0) is 50.1 Å². The second-order valence-corrected chi connectivity index (χ2v) is 6.41. The number of rotatable bonds is 4. The van der Waals surface area contributed by atoms with Crippen LogP contribution in [0.5, 0.6) is 0 Å². The third kappa shape index (κ3) is 4.22. The number of nitrogens with zero attached hydrogens (tertiary/aromatic N) is 1. The van der Waals surface area contributed by atoms with Crippen LogP contribution in [0, 0.1) is 6.92 Å². The Balaban J connectivity index is 1.83. The van der Waals surface area contributed by atoms with Crippen molar-refractivity contribution in [3.05, 3.63) is 57.3 Å². The molecule has 1 fully saturated rings. The summed E-state index contributed by atoms with van der Waals surface area (Å²) in [6, 6.07) is 4.59. The normalized spacial score (nSPS) is 16.6. The molecular weight excluding hydrogens is 350 g/mol. The first-order chi connectivity index (χ1) is 13.0. The van der Waals surface area contributed by atoms with Crippen LogP contribution in [0.3, 0.4) is 0 Å². The van der Waals surface area contributed by atoms with Gasteiger partial charge in [-0.15, -0.1) is 0 Å². The summed E-state index contributed by atoms with van der Waals surface area (Å²) in [6.07, 6.45) is 3.32. The van der Waals surface area contributed by atoms with E-state index in [4.69, 9.17) is 4.42 Å². The monoisotopic (exact) mass is 371 g/mol. The van der Waals surface area contributed by atoms with Crippen molar-refractivity contribution in [3.8, 4) is 0 Å². The molecule has 2 aromatic heterocycles. The number of methoxy groups -OCH3 is 1. The minimum absolute atomic E-state index is 0.0761. The molecule has 0 aliphatic carbocycles. The number of esters is 1. The van der Waals surface area contributed by atoms with E-state index in [-0.39, 0.29) is 22.9 Å². The topological polar surface area (TPSA) is 111 Å². The Hall–Kier alpha value is -3.00. The summed E-state index contributed by atoms with van der Waals surface area (Å²) in [5.41, 5.74) is 0.0186. The highest BCUT2D eigenvalue weighted by Crippen LogP contribution is 2.23. The van der Waals surface area contributed by atoms with Crippen molar-refractivity contribution < 1.29 is 18.7 Å². The zero-order valence-electron chi connectivity index (χ0n) is 15.2. The van der Waals surface area contributed by atoms with E-state index < -0.39 is 17.5 Å². The van der Waals surface area contributed by atoms with E-state index >= 15 is 0 Å². The first-order valence-corrected chi connectivity index (χ1v) is 8.70. The number of anilines is 1. The van der Waals surface area contributed by atoms with E-state index in [1.807, 2.05) is 0 Å². The molecule has 3 rings (SSSR count). The molecule has 0 saturated carbocycles. The van der Waals surface area contributed by atoms with E-state index in [2.05, 4.69) is 20.4 Å². The standard InChI is InChI=1S/C19H21N3O5/c1-11-8-14(13-4-3-6-20-10-13)27-19(25)16(11)17(23)22-15-9-12(5-7-21-15)18(24)26-2/h5,7-9,13,20H,3-4,6,10H2,1-2H3,(H,21,22,23). The number of amides is 1. The van der Waals surface area contributed by atoms with Crippen molar-refractivity contribution in [1.29, 1.82) is 0 Å². The lowest BCUT2D eigenvalue weighted by Crippen LogP contribution is -2.30. The fourth-order valence-corrected chi connectivity index (χ4v) is 3.12. The highest BCUT2D eigenvalue weighted by molar-refractivity contribution is 6.04. The van der Waals surface area contributed by atoms with E-state index in [0.717, 1.165) is 25.9 Å². The molecule has 3 heterocycles. The molecule has 2 N–H and O–H groups in total. The first kappa shape index (κ1) is 18.8. The van der Waals surface area contributed by atoms with Gasteiger partial charge in [-0.25, -0.2) is 14.6 Å². The molecule has 2 aromatic rings. The fraction of sp³-hybridized carbons (Fsp3) is 0.368. The minimum Gasteiger partial charge on any atom is -0.465 e. The number of hydrogen-bond acceptors (Lipinski definition) is 7. The van der Waals surface area contributed by atoms with Crippen molar-refractivity contribution >= 4 is 17.7 Å². The van der Waals surface area contributed by atoms with Gasteiger partial charge in [-0.1, -0.05) is 0 Å². The Morgan fingerprint density at radius 3 is 2.85 bits per heavy atom. The van der Waals surface area contributed by atoms with Gasteiger partial charge in [0.2, 0.25) is 0 Å². The Morgan fingerprint density at radius 2 is 2.19 bits per heavy atom. The molecule has 1 unspecified atom stereocenters. The molecule has 0 radical (unpaired) electrons. The van der Waals surface area contributed by atoms with Crippen molar-refractivity contribution in [2.24, 2.45) is 0 Å². The molecule has 8 nitrogen and oxygen atoms in total. The molecule has 1 saturated heterocycles. The van der Waals surface area contributed by atoms with Crippen LogP contribution in [0.15, 0.2) is 33.6 Å². The smallest absolute Gasteiger partial charge is 0.349 e. The number of ether oxygens (including phenoxy) is 1. The second kappa shape index (κ2) is 8.13. The van der Waals surface area contributed by atoms with Gasteiger partial charge in [0.15, 0.2) is 0 Å². The van der Waals surface area contributed by atoms with Gasteiger partial charge in [0.1, 0.15) is 17.1 Å². The molecular formula is C19H21N3O5. The van der Waals surface area contributed by atoms with Crippen LogP contribution in [-0.2, 0) is 4.74 Å². The average molecular weight is 371 g/mol. The summed E-state index contributed by atoms with van der Waals surface area (Å²) >= 11 is 0. The van der Waals surface area contributed by atoms with Crippen LogP contribution in [-0.4, -0.2) is 37.1 Å². The highest BCUT2D eigenvalue weighted by atomic mass is 16.5. The molecule has 1 aliphatic heterocycles. The maximum atomic E-state index is 12.6. The molecule has 0 bridgehead atoms. The van der Waals surface area contributed by atoms with Crippen LogP contribution in [0.4, 0.5) is 5.82 Å². The number of aromatic nitrogens is 1. The number of hydrogen-bond donors (Lipinski definition) is 2. The molecule has 142 valence electrons. The minimum atomic E-state index is -0.683. The van der Waals surface area contributed by atoms with Crippen LogP contribution in [0.2, 0.25) is 0 Å². The molecule has 27 heavy (non-hydrogen) atoms. The zero-order valence-corrected chi connectivity index (χ0v) is 15.2. The summed E-state index contributed by atoms with van der Waals surface area (Å²) in [4.78, 5) is 40.5. The lowest BCUT2D eigenvalue weighted by atomic mass is 9.95. The van der Waals surface area contributed by atoms with Gasteiger partial charge in [0.25, 0.3) is 5.91 Å². The lowest BCUT2D eigenvalue weighted by molar-refractivity contribution is 0.0600. The Morgan fingerprint density at radius 1 is 1.37 bits per heavy atom. The highest BCUT2D eigenvalue weighted by Gasteiger charge is 2.23. The van der Waals surface area contributed by atoms with Crippen molar-refractivity contribution in [2.45, 2.75) is 25.7 Å². The number of aryl methyl sites for hydroxylation is 1. The quantitative estimate of drug-likeness (QED) is 0.789. The molecule has 8 heteroatoms. The summed E-state index contributed by atoms with van der Waals surface area (Å²) in [5, 5.41) is 5.80. The van der Waals surface area contributed by atoms with Gasteiger partial charge < -0.3 is 19.8 Å². The maximum absolute atomic E-state index is 12.6. The summed E-state index contributed by atoms with van der Waals surface area (Å²) < 4.78 is 10.1. The molecule has 1 amide bonds. The maximum Gasteiger partial charge on any atom is 0.349 e. The number of carbonyl (C=O) groups excluding carboxylic acids is 2. The number of pyridine rings is 1. The Bertz CT molecular complexity index is 916. The van der Waals surface area contributed by atoms with Crippen LogP contribution in [0.25, 0.3) is 0 Å². The summed E-state index contributed by atoms with van der Waals surface area (Å²) in [7, 11) is 1.26. The fourth-order valence-electron chi connectivity index (χ4n) is 3.12. The summed E-state index contributed by atoms with van der Waals surface area (Å²) in [6.45, 7) is 3.40.